The molecule has 0 amide bonds. The Morgan fingerprint density at radius 3 is 1.00 bits per heavy atom. The summed E-state index contributed by atoms with van der Waals surface area (Å²) in [6.45, 7) is 3.24. The molecule has 0 spiro atoms. The summed E-state index contributed by atoms with van der Waals surface area (Å²) < 4.78 is 0. The fourth-order valence-electron chi connectivity index (χ4n) is 1.49. The fourth-order valence-corrected chi connectivity index (χ4v) is 1.49. The molecule has 0 aromatic heterocycles. The molecule has 79 valence electrons. The third kappa shape index (κ3) is 8.22. The van der Waals surface area contributed by atoms with Crippen molar-refractivity contribution in [2.45, 2.75) is 0 Å². The maximum atomic E-state index is 2.22. The quantitative estimate of drug-likeness (QED) is 0.588. The molecule has 3 heteroatoms. The maximum Gasteiger partial charge on any atom is 0.0177 e. The van der Waals surface area contributed by atoms with E-state index in [0.717, 1.165) is 19.6 Å². The Morgan fingerprint density at radius 2 is 0.846 bits per heavy atom. The van der Waals surface area contributed by atoms with E-state index in [2.05, 4.69) is 57.0 Å². The zero-order chi connectivity index (χ0) is 10.4. The Hall–Kier alpha value is -0.120. The van der Waals surface area contributed by atoms with Crippen LogP contribution >= 0.6 is 0 Å². The molecule has 0 fully saturated rings. The van der Waals surface area contributed by atoms with Gasteiger partial charge < -0.3 is 14.7 Å². The normalized spacial score (nSPS) is 12.5. The molecule has 0 saturated carbocycles. The van der Waals surface area contributed by atoms with E-state index in [4.69, 9.17) is 0 Å². The van der Waals surface area contributed by atoms with Gasteiger partial charge in [0.05, 0.1) is 0 Å². The predicted molar refractivity (Wildman–Crippen MR) is 58.9 cm³/mol. The number of hydrogen-bond acceptors (Lipinski definition) is 3. The highest BCUT2D eigenvalue weighted by molar-refractivity contribution is 4.96. The number of hydrogen-bond donors (Lipinski definition) is 0. The van der Waals surface area contributed by atoms with Crippen molar-refractivity contribution in [3.05, 3.63) is 5.92 Å². The van der Waals surface area contributed by atoms with Gasteiger partial charge in [-0.15, -0.1) is 0 Å². The van der Waals surface area contributed by atoms with Crippen LogP contribution in [0.15, 0.2) is 0 Å². The Bertz CT molecular complexity index is 97.6. The van der Waals surface area contributed by atoms with E-state index in [1.807, 2.05) is 0 Å². The van der Waals surface area contributed by atoms with Crippen LogP contribution in [0.2, 0.25) is 0 Å². The summed E-state index contributed by atoms with van der Waals surface area (Å²) in [6.07, 6.45) is 0. The molecule has 0 heterocycles. The van der Waals surface area contributed by atoms with Gasteiger partial charge in [0.1, 0.15) is 0 Å². The van der Waals surface area contributed by atoms with Crippen LogP contribution in [-0.4, -0.2) is 76.6 Å². The minimum absolute atomic E-state index is 1.08. The SMILES string of the molecule is CN(C)C[C](CN(C)C)CN(C)C. The summed E-state index contributed by atoms with van der Waals surface area (Å²) in [5, 5.41) is 0. The van der Waals surface area contributed by atoms with Crippen molar-refractivity contribution in [2.24, 2.45) is 0 Å². The Balaban J connectivity index is 3.87. The monoisotopic (exact) mass is 186 g/mol. The molecule has 0 aromatic carbocycles. The molecular formula is C10H24N3. The summed E-state index contributed by atoms with van der Waals surface area (Å²) in [6, 6.07) is 0. The first-order valence-electron chi connectivity index (χ1n) is 4.69. The van der Waals surface area contributed by atoms with Gasteiger partial charge in [-0.1, -0.05) is 0 Å². The fraction of sp³-hybridized carbons (Fsp3) is 0.900. The molecule has 1 radical (unpaired) electrons. The summed E-state index contributed by atoms with van der Waals surface area (Å²) in [7, 11) is 12.7. The highest BCUT2D eigenvalue weighted by Crippen LogP contribution is 2.03. The second kappa shape index (κ2) is 6.35. The first-order valence-corrected chi connectivity index (χ1v) is 4.69. The molecule has 0 aliphatic rings. The molecule has 0 atom stereocenters. The standard InChI is InChI=1S/C10H24N3/c1-11(2)7-10(8-12(3)4)9-13(5)6/h7-9H2,1-6H3. The van der Waals surface area contributed by atoms with Gasteiger partial charge in [-0.25, -0.2) is 0 Å². The third-order valence-corrected chi connectivity index (χ3v) is 1.62. The van der Waals surface area contributed by atoms with Crippen molar-refractivity contribution in [3.8, 4) is 0 Å². The first-order chi connectivity index (χ1) is 5.91. The smallest absolute Gasteiger partial charge is 0.0177 e. The summed E-state index contributed by atoms with van der Waals surface area (Å²) in [5.74, 6) is 1.56. The Labute approximate surface area is 83.3 Å². The first kappa shape index (κ1) is 12.9. The molecule has 0 aromatic rings. The lowest BCUT2D eigenvalue weighted by atomic mass is 10.1. The van der Waals surface area contributed by atoms with Crippen LogP contribution < -0.4 is 0 Å². The third-order valence-electron chi connectivity index (χ3n) is 1.62. The second-order valence-corrected chi connectivity index (χ2v) is 4.46. The van der Waals surface area contributed by atoms with E-state index in [-0.39, 0.29) is 0 Å². The van der Waals surface area contributed by atoms with E-state index in [9.17, 15) is 0 Å². The summed E-state index contributed by atoms with van der Waals surface area (Å²) in [5.41, 5.74) is 0. The molecule has 0 rings (SSSR count). The number of nitrogens with zero attached hydrogens (tertiary/aromatic N) is 3. The van der Waals surface area contributed by atoms with Crippen LogP contribution in [0.4, 0.5) is 0 Å². The Morgan fingerprint density at radius 1 is 0.615 bits per heavy atom. The zero-order valence-electron chi connectivity index (χ0n) is 9.96. The van der Waals surface area contributed by atoms with Crippen LogP contribution in [0.1, 0.15) is 0 Å². The van der Waals surface area contributed by atoms with Gasteiger partial charge in [0.25, 0.3) is 0 Å². The largest absolute Gasteiger partial charge is 0.309 e. The van der Waals surface area contributed by atoms with Crippen molar-refractivity contribution in [2.75, 3.05) is 61.9 Å². The van der Waals surface area contributed by atoms with Crippen LogP contribution in [0.3, 0.4) is 0 Å². The molecule has 0 aliphatic heterocycles. The average Bonchev–Trinajstić information content (AvgIpc) is 1.80. The molecule has 0 aliphatic carbocycles. The van der Waals surface area contributed by atoms with Gasteiger partial charge in [0, 0.05) is 25.6 Å². The highest BCUT2D eigenvalue weighted by Gasteiger charge is 2.12. The van der Waals surface area contributed by atoms with E-state index < -0.39 is 0 Å². The van der Waals surface area contributed by atoms with Crippen molar-refractivity contribution in [1.82, 2.24) is 14.7 Å². The predicted octanol–water partition coefficient (Wildman–Crippen LogP) is 0.246. The lowest BCUT2D eigenvalue weighted by Crippen LogP contribution is -2.35. The van der Waals surface area contributed by atoms with Crippen molar-refractivity contribution >= 4 is 0 Å². The highest BCUT2D eigenvalue weighted by atomic mass is 15.1. The van der Waals surface area contributed by atoms with Crippen LogP contribution in [0, 0.1) is 5.92 Å². The van der Waals surface area contributed by atoms with Gasteiger partial charge in [0.15, 0.2) is 0 Å². The van der Waals surface area contributed by atoms with Gasteiger partial charge >= 0.3 is 0 Å². The lowest BCUT2D eigenvalue weighted by Gasteiger charge is -2.26. The molecule has 13 heavy (non-hydrogen) atoms. The maximum absolute atomic E-state index is 2.22. The topological polar surface area (TPSA) is 9.72 Å². The van der Waals surface area contributed by atoms with Crippen LogP contribution in [0.5, 0.6) is 0 Å². The Kier molecular flexibility index (Phi) is 6.29. The van der Waals surface area contributed by atoms with E-state index >= 15 is 0 Å². The molecule has 0 saturated heterocycles. The van der Waals surface area contributed by atoms with Gasteiger partial charge in [-0.2, -0.15) is 0 Å². The zero-order valence-corrected chi connectivity index (χ0v) is 9.96. The van der Waals surface area contributed by atoms with Crippen molar-refractivity contribution < 1.29 is 0 Å². The average molecular weight is 186 g/mol. The lowest BCUT2D eigenvalue weighted by molar-refractivity contribution is 0.314. The summed E-state index contributed by atoms with van der Waals surface area (Å²) in [4.78, 5) is 6.67. The van der Waals surface area contributed by atoms with E-state index in [0.29, 0.717) is 0 Å². The van der Waals surface area contributed by atoms with Gasteiger partial charge in [-0.3, -0.25) is 0 Å². The van der Waals surface area contributed by atoms with Crippen molar-refractivity contribution in [1.29, 1.82) is 0 Å². The van der Waals surface area contributed by atoms with Crippen LogP contribution in [-0.2, 0) is 0 Å². The van der Waals surface area contributed by atoms with Gasteiger partial charge in [-0.05, 0) is 42.3 Å². The number of rotatable bonds is 6. The molecule has 0 unspecified atom stereocenters. The van der Waals surface area contributed by atoms with Crippen LogP contribution in [0.25, 0.3) is 0 Å². The second-order valence-electron chi connectivity index (χ2n) is 4.46. The van der Waals surface area contributed by atoms with Crippen molar-refractivity contribution in [3.63, 3.8) is 0 Å². The van der Waals surface area contributed by atoms with Gasteiger partial charge in [0.2, 0.25) is 0 Å². The minimum Gasteiger partial charge on any atom is -0.309 e. The van der Waals surface area contributed by atoms with E-state index in [1.165, 1.54) is 0 Å². The molecular weight excluding hydrogens is 162 g/mol. The molecule has 0 bridgehead atoms. The molecule has 3 nitrogen and oxygen atoms in total. The minimum atomic E-state index is 1.08. The van der Waals surface area contributed by atoms with E-state index in [1.54, 1.807) is 5.92 Å². The molecule has 0 N–H and O–H groups in total. The summed E-state index contributed by atoms with van der Waals surface area (Å²) >= 11 is 0.